The molecule has 9 heteroatoms. The van der Waals surface area contributed by atoms with Crippen LogP contribution in [0.3, 0.4) is 0 Å². The van der Waals surface area contributed by atoms with Gasteiger partial charge in [-0.15, -0.1) is 11.3 Å². The Labute approximate surface area is 225 Å². The summed E-state index contributed by atoms with van der Waals surface area (Å²) in [7, 11) is 1.85. The molecule has 0 aliphatic carbocycles. The van der Waals surface area contributed by atoms with Gasteiger partial charge in [0.15, 0.2) is 5.69 Å². The molecule has 182 valence electrons. The van der Waals surface area contributed by atoms with Crippen LogP contribution < -0.4 is 10.4 Å². The quantitative estimate of drug-likeness (QED) is 0.252. The smallest absolute Gasteiger partial charge is 0.283 e. The number of nitrogens with zero attached hydrogens (tertiary/aromatic N) is 6. The highest BCUT2D eigenvalue weighted by molar-refractivity contribution is 9.10. The number of thiazole rings is 1. The van der Waals surface area contributed by atoms with E-state index in [1.165, 1.54) is 11.3 Å². The van der Waals surface area contributed by atoms with Crippen molar-refractivity contribution in [1.29, 1.82) is 5.26 Å². The molecule has 0 saturated heterocycles. The van der Waals surface area contributed by atoms with Gasteiger partial charge in [0.05, 0.1) is 34.9 Å². The van der Waals surface area contributed by atoms with Crippen molar-refractivity contribution in [3.63, 3.8) is 0 Å². The van der Waals surface area contributed by atoms with Crippen LogP contribution in [0, 0.1) is 18.3 Å². The van der Waals surface area contributed by atoms with Gasteiger partial charge in [-0.1, -0.05) is 64.5 Å². The average Bonchev–Trinajstić information content (AvgIpc) is 3.42. The Morgan fingerprint density at radius 2 is 1.70 bits per heavy atom. The molecule has 5 rings (SSSR count). The van der Waals surface area contributed by atoms with Gasteiger partial charge >= 0.3 is 0 Å². The van der Waals surface area contributed by atoms with E-state index >= 15 is 0 Å². The number of halogens is 1. The molecule has 0 fully saturated rings. The number of aromatic nitrogens is 3. The zero-order valence-corrected chi connectivity index (χ0v) is 22.4. The molecule has 37 heavy (non-hydrogen) atoms. The molecule has 0 atom stereocenters. The summed E-state index contributed by atoms with van der Waals surface area (Å²) in [4.78, 5) is 18.8. The summed E-state index contributed by atoms with van der Waals surface area (Å²) < 4.78 is 6.08. The van der Waals surface area contributed by atoms with Crippen LogP contribution in [0.25, 0.3) is 16.9 Å². The molecule has 7 nitrogen and oxygen atoms in total. The third kappa shape index (κ3) is 4.77. The predicted molar refractivity (Wildman–Crippen MR) is 151 cm³/mol. The van der Waals surface area contributed by atoms with Crippen molar-refractivity contribution < 1.29 is 0 Å². The SMILES string of the molecule is Cc1c(N=c2scc(-c3ccccc3Br)n2N=Cc2ccc(C#N)cc2)c(=O)n(-c2ccccc2)n1C. The van der Waals surface area contributed by atoms with Crippen molar-refractivity contribution >= 4 is 39.2 Å². The summed E-state index contributed by atoms with van der Waals surface area (Å²) in [6.45, 7) is 1.88. The number of hydrogen-bond acceptors (Lipinski definition) is 5. The van der Waals surface area contributed by atoms with E-state index in [9.17, 15) is 4.79 Å². The lowest BCUT2D eigenvalue weighted by Gasteiger charge is -2.07. The fourth-order valence-corrected chi connectivity index (χ4v) is 5.21. The lowest BCUT2D eigenvalue weighted by atomic mass is 10.2. The van der Waals surface area contributed by atoms with Gasteiger partial charge in [0.1, 0.15) is 0 Å². The lowest BCUT2D eigenvalue weighted by Crippen LogP contribution is -2.19. The number of nitriles is 1. The van der Waals surface area contributed by atoms with Gasteiger partial charge in [0, 0.05) is 22.5 Å². The first-order chi connectivity index (χ1) is 18.0. The van der Waals surface area contributed by atoms with Gasteiger partial charge in [-0.05, 0) is 42.8 Å². The fourth-order valence-electron chi connectivity index (χ4n) is 3.89. The zero-order chi connectivity index (χ0) is 25.9. The monoisotopic (exact) mass is 568 g/mol. The zero-order valence-electron chi connectivity index (χ0n) is 20.0. The van der Waals surface area contributed by atoms with E-state index in [0.717, 1.165) is 32.7 Å². The Morgan fingerprint density at radius 3 is 2.41 bits per heavy atom. The Kier molecular flexibility index (Phi) is 6.86. The molecule has 0 bridgehead atoms. The molecule has 5 aromatic rings. The van der Waals surface area contributed by atoms with Gasteiger partial charge in [-0.2, -0.15) is 10.4 Å². The predicted octanol–water partition coefficient (Wildman–Crippen LogP) is 5.76. The van der Waals surface area contributed by atoms with Crippen LogP contribution in [-0.2, 0) is 7.05 Å². The first-order valence-electron chi connectivity index (χ1n) is 11.4. The normalized spacial score (nSPS) is 11.8. The Morgan fingerprint density at radius 1 is 1.00 bits per heavy atom. The van der Waals surface area contributed by atoms with Gasteiger partial charge in [-0.25, -0.2) is 14.4 Å². The molecule has 0 aliphatic rings. The van der Waals surface area contributed by atoms with Crippen LogP contribution in [0.1, 0.15) is 16.8 Å². The van der Waals surface area contributed by atoms with Gasteiger partial charge in [-0.3, -0.25) is 9.48 Å². The summed E-state index contributed by atoms with van der Waals surface area (Å²) in [6.07, 6.45) is 1.72. The Balaban J connectivity index is 1.69. The fraction of sp³-hybridized carbons (Fsp3) is 0.0714. The van der Waals surface area contributed by atoms with Crippen molar-refractivity contribution in [1.82, 2.24) is 14.0 Å². The van der Waals surface area contributed by atoms with Crippen molar-refractivity contribution in [3.8, 4) is 23.0 Å². The number of hydrogen-bond donors (Lipinski definition) is 0. The Hall–Kier alpha value is -4.26. The minimum atomic E-state index is -0.204. The van der Waals surface area contributed by atoms with Crippen LogP contribution in [0.2, 0.25) is 0 Å². The molecule has 0 radical (unpaired) electrons. The minimum absolute atomic E-state index is 0.204. The Bertz CT molecular complexity index is 1780. The van der Waals surface area contributed by atoms with Crippen LogP contribution in [0.15, 0.2) is 104 Å². The largest absolute Gasteiger partial charge is 0.297 e. The van der Waals surface area contributed by atoms with E-state index in [-0.39, 0.29) is 5.56 Å². The van der Waals surface area contributed by atoms with E-state index in [4.69, 9.17) is 15.4 Å². The highest BCUT2D eigenvalue weighted by atomic mass is 79.9. The number of rotatable bonds is 5. The van der Waals surface area contributed by atoms with E-state index in [2.05, 4.69) is 22.0 Å². The number of benzene rings is 3. The molecular weight excluding hydrogens is 548 g/mol. The molecule has 2 aromatic heterocycles. The van der Waals surface area contributed by atoms with E-state index in [1.807, 2.05) is 90.8 Å². The van der Waals surface area contributed by atoms with Crippen LogP contribution >= 0.6 is 27.3 Å². The standard InChI is InChI=1S/C28H21BrN6OS/c1-19-26(27(36)35(33(19)2)22-8-4-3-5-9-22)32-28-34(31-17-21-14-12-20(16-30)13-15-21)25(18-37-28)23-10-6-7-11-24(23)29/h3-15,17-18H,1-2H3. The first kappa shape index (κ1) is 24.4. The van der Waals surface area contributed by atoms with Crippen LogP contribution in [0.5, 0.6) is 0 Å². The summed E-state index contributed by atoms with van der Waals surface area (Å²) in [5.74, 6) is 0. The van der Waals surface area contributed by atoms with Gasteiger partial charge < -0.3 is 0 Å². The second kappa shape index (κ2) is 10.4. The highest BCUT2D eigenvalue weighted by Gasteiger charge is 2.17. The third-order valence-electron chi connectivity index (χ3n) is 5.93. The maximum absolute atomic E-state index is 13.5. The van der Waals surface area contributed by atoms with E-state index < -0.39 is 0 Å². The van der Waals surface area contributed by atoms with Crippen molar-refractivity contribution in [2.24, 2.45) is 17.1 Å². The average molecular weight is 569 g/mol. The summed E-state index contributed by atoms with van der Waals surface area (Å²) in [6, 6.07) is 26.7. The van der Waals surface area contributed by atoms with Gasteiger partial charge in [0.25, 0.3) is 5.56 Å². The molecular formula is C28H21BrN6OS. The molecule has 0 unspecified atom stereocenters. The molecule has 0 amide bonds. The van der Waals surface area contributed by atoms with Crippen molar-refractivity contribution in [3.05, 3.63) is 121 Å². The third-order valence-corrected chi connectivity index (χ3v) is 7.44. The van der Waals surface area contributed by atoms with Gasteiger partial charge in [0.2, 0.25) is 4.80 Å². The molecule has 0 saturated carbocycles. The maximum Gasteiger partial charge on any atom is 0.297 e. The molecule has 0 aliphatic heterocycles. The maximum atomic E-state index is 13.5. The second-order valence-electron chi connectivity index (χ2n) is 8.20. The minimum Gasteiger partial charge on any atom is -0.283 e. The topological polar surface area (TPSA) is 80.4 Å². The molecule has 0 N–H and O–H groups in total. The first-order valence-corrected chi connectivity index (χ1v) is 13.0. The van der Waals surface area contributed by atoms with Crippen LogP contribution in [-0.4, -0.2) is 20.3 Å². The highest BCUT2D eigenvalue weighted by Crippen LogP contribution is 2.28. The van der Waals surface area contributed by atoms with Crippen LogP contribution in [0.4, 0.5) is 5.69 Å². The summed E-state index contributed by atoms with van der Waals surface area (Å²) in [5, 5.41) is 15.8. The molecule has 0 spiro atoms. The molecule has 3 aromatic carbocycles. The van der Waals surface area contributed by atoms with E-state index in [0.29, 0.717) is 16.1 Å². The van der Waals surface area contributed by atoms with Crippen molar-refractivity contribution in [2.45, 2.75) is 6.92 Å². The lowest BCUT2D eigenvalue weighted by molar-refractivity contribution is 0.630. The summed E-state index contributed by atoms with van der Waals surface area (Å²) >= 11 is 5.04. The summed E-state index contributed by atoms with van der Waals surface area (Å²) in [5.41, 5.74) is 4.86. The number of para-hydroxylation sites is 1. The van der Waals surface area contributed by atoms with Crippen molar-refractivity contribution in [2.75, 3.05) is 0 Å². The second-order valence-corrected chi connectivity index (χ2v) is 9.89. The molecule has 2 heterocycles. The van der Waals surface area contributed by atoms with E-state index in [1.54, 1.807) is 27.7 Å².